The predicted octanol–water partition coefficient (Wildman–Crippen LogP) is 3.00. The van der Waals surface area contributed by atoms with Gasteiger partial charge in [0.1, 0.15) is 11.6 Å². The molecule has 0 bridgehead atoms. The topological polar surface area (TPSA) is 33.7 Å². The van der Waals surface area contributed by atoms with E-state index in [0.29, 0.717) is 0 Å². The van der Waals surface area contributed by atoms with E-state index in [9.17, 15) is 4.39 Å². The molecule has 25 heavy (non-hydrogen) atoms. The summed E-state index contributed by atoms with van der Waals surface area (Å²) in [5.41, 5.74) is 2.25. The zero-order valence-electron chi connectivity index (χ0n) is 14.6. The predicted molar refractivity (Wildman–Crippen MR) is 96.2 cm³/mol. The summed E-state index contributed by atoms with van der Waals surface area (Å²) < 4.78 is 24.2. The van der Waals surface area contributed by atoms with Gasteiger partial charge in [0.05, 0.1) is 20.3 Å². The number of benzene rings is 2. The number of methoxy groups -OCH3 is 1. The Bertz CT molecular complexity index is 657. The number of morpholine rings is 1. The largest absolute Gasteiger partial charge is 0.496 e. The molecule has 1 heterocycles. The highest BCUT2D eigenvalue weighted by Gasteiger charge is 2.22. The van der Waals surface area contributed by atoms with E-state index in [1.54, 1.807) is 7.11 Å². The molecular formula is C20H25FN2O2. The van der Waals surface area contributed by atoms with Crippen LogP contribution in [0.4, 0.5) is 4.39 Å². The van der Waals surface area contributed by atoms with Crippen LogP contribution in [0.3, 0.4) is 0 Å². The molecule has 5 heteroatoms. The highest BCUT2D eigenvalue weighted by atomic mass is 19.1. The van der Waals surface area contributed by atoms with Gasteiger partial charge in [-0.15, -0.1) is 0 Å². The summed E-state index contributed by atoms with van der Waals surface area (Å²) in [5, 5.41) is 3.53. The molecule has 1 aliphatic heterocycles. The first-order chi connectivity index (χ1) is 12.3. The molecule has 2 aromatic rings. The van der Waals surface area contributed by atoms with Gasteiger partial charge in [0, 0.05) is 37.8 Å². The zero-order chi connectivity index (χ0) is 17.5. The van der Waals surface area contributed by atoms with Crippen LogP contribution in [-0.2, 0) is 11.3 Å². The first-order valence-electron chi connectivity index (χ1n) is 8.68. The second-order valence-electron chi connectivity index (χ2n) is 6.16. The molecule has 1 saturated heterocycles. The summed E-state index contributed by atoms with van der Waals surface area (Å²) in [6.07, 6.45) is 0. The van der Waals surface area contributed by atoms with Gasteiger partial charge in [-0.05, 0) is 23.8 Å². The minimum absolute atomic E-state index is 0.194. The molecule has 4 nitrogen and oxygen atoms in total. The lowest BCUT2D eigenvalue weighted by Crippen LogP contribution is -2.42. The van der Waals surface area contributed by atoms with Crippen LogP contribution in [0.5, 0.6) is 5.75 Å². The number of halogens is 1. The standard InChI is InChI=1S/C20H25FN2O2/c1-24-20-5-3-2-4-17(20)14-22-15-19(23-10-12-25-13-11-23)16-6-8-18(21)9-7-16/h2-9,19,22H,10-15H2,1H3. The summed E-state index contributed by atoms with van der Waals surface area (Å²) in [5.74, 6) is 0.686. The Hall–Kier alpha value is -1.95. The Balaban J connectivity index is 1.68. The monoisotopic (exact) mass is 344 g/mol. The van der Waals surface area contributed by atoms with Gasteiger partial charge >= 0.3 is 0 Å². The van der Waals surface area contributed by atoms with E-state index >= 15 is 0 Å². The maximum Gasteiger partial charge on any atom is 0.123 e. The van der Waals surface area contributed by atoms with E-state index in [0.717, 1.165) is 56.3 Å². The Morgan fingerprint density at radius 2 is 1.84 bits per heavy atom. The average Bonchev–Trinajstić information content (AvgIpc) is 2.67. The van der Waals surface area contributed by atoms with Crippen molar-refractivity contribution in [2.75, 3.05) is 40.0 Å². The van der Waals surface area contributed by atoms with Crippen molar-refractivity contribution in [3.63, 3.8) is 0 Å². The second-order valence-corrected chi connectivity index (χ2v) is 6.16. The van der Waals surface area contributed by atoms with Crippen molar-refractivity contribution >= 4 is 0 Å². The number of rotatable bonds is 7. The quantitative estimate of drug-likeness (QED) is 0.837. The van der Waals surface area contributed by atoms with Gasteiger partial charge in [0.2, 0.25) is 0 Å². The SMILES string of the molecule is COc1ccccc1CNCC(c1ccc(F)cc1)N1CCOCC1. The molecule has 0 aliphatic carbocycles. The number of para-hydroxylation sites is 1. The van der Waals surface area contributed by atoms with E-state index in [-0.39, 0.29) is 11.9 Å². The molecule has 1 atom stereocenters. The average molecular weight is 344 g/mol. The number of nitrogens with zero attached hydrogens (tertiary/aromatic N) is 1. The van der Waals surface area contributed by atoms with Crippen LogP contribution in [0.15, 0.2) is 48.5 Å². The summed E-state index contributed by atoms with van der Waals surface area (Å²) in [4.78, 5) is 2.39. The van der Waals surface area contributed by atoms with Crippen LogP contribution in [0.25, 0.3) is 0 Å². The Morgan fingerprint density at radius 1 is 1.12 bits per heavy atom. The second kappa shape index (κ2) is 8.94. The number of hydrogen-bond acceptors (Lipinski definition) is 4. The molecule has 1 unspecified atom stereocenters. The molecule has 0 amide bonds. The first kappa shape index (κ1) is 17.9. The summed E-state index contributed by atoms with van der Waals surface area (Å²) in [6.45, 7) is 4.76. The molecule has 0 radical (unpaired) electrons. The lowest BCUT2D eigenvalue weighted by atomic mass is 10.0. The third-order valence-electron chi connectivity index (χ3n) is 4.59. The van der Waals surface area contributed by atoms with Crippen molar-refractivity contribution in [2.24, 2.45) is 0 Å². The molecule has 0 spiro atoms. The van der Waals surface area contributed by atoms with E-state index in [1.807, 2.05) is 30.3 Å². The highest BCUT2D eigenvalue weighted by Crippen LogP contribution is 2.22. The van der Waals surface area contributed by atoms with Crippen molar-refractivity contribution in [2.45, 2.75) is 12.6 Å². The molecule has 1 N–H and O–H groups in total. The van der Waals surface area contributed by atoms with Crippen molar-refractivity contribution < 1.29 is 13.9 Å². The molecule has 1 aliphatic rings. The van der Waals surface area contributed by atoms with Crippen LogP contribution in [0.2, 0.25) is 0 Å². The molecule has 1 fully saturated rings. The Morgan fingerprint density at radius 3 is 2.56 bits per heavy atom. The molecule has 0 aromatic heterocycles. The van der Waals surface area contributed by atoms with E-state index in [2.05, 4.69) is 16.3 Å². The highest BCUT2D eigenvalue weighted by molar-refractivity contribution is 5.33. The molecular weight excluding hydrogens is 319 g/mol. The van der Waals surface area contributed by atoms with Crippen LogP contribution in [0.1, 0.15) is 17.2 Å². The number of hydrogen-bond donors (Lipinski definition) is 1. The maximum atomic E-state index is 13.3. The summed E-state index contributed by atoms with van der Waals surface area (Å²) in [7, 11) is 1.69. The summed E-state index contributed by atoms with van der Waals surface area (Å²) in [6, 6.07) is 15.0. The van der Waals surface area contributed by atoms with Crippen LogP contribution in [0, 0.1) is 5.82 Å². The van der Waals surface area contributed by atoms with Gasteiger partial charge in [-0.1, -0.05) is 30.3 Å². The van der Waals surface area contributed by atoms with E-state index in [1.165, 1.54) is 12.1 Å². The van der Waals surface area contributed by atoms with Crippen molar-refractivity contribution in [1.82, 2.24) is 10.2 Å². The molecule has 0 saturated carbocycles. The van der Waals surface area contributed by atoms with Crippen molar-refractivity contribution in [3.05, 3.63) is 65.5 Å². The van der Waals surface area contributed by atoms with Crippen molar-refractivity contribution in [3.8, 4) is 5.75 Å². The van der Waals surface area contributed by atoms with Gasteiger partial charge in [0.15, 0.2) is 0 Å². The lowest BCUT2D eigenvalue weighted by molar-refractivity contribution is 0.0161. The minimum Gasteiger partial charge on any atom is -0.496 e. The van der Waals surface area contributed by atoms with Gasteiger partial charge in [-0.3, -0.25) is 4.90 Å². The fourth-order valence-corrected chi connectivity index (χ4v) is 3.22. The van der Waals surface area contributed by atoms with Gasteiger partial charge in [-0.25, -0.2) is 4.39 Å². The minimum atomic E-state index is -0.202. The van der Waals surface area contributed by atoms with E-state index < -0.39 is 0 Å². The number of ether oxygens (including phenoxy) is 2. The molecule has 2 aromatic carbocycles. The zero-order valence-corrected chi connectivity index (χ0v) is 14.6. The number of nitrogens with one attached hydrogen (secondary N) is 1. The third kappa shape index (κ3) is 4.78. The van der Waals surface area contributed by atoms with Crippen LogP contribution >= 0.6 is 0 Å². The molecule has 3 rings (SSSR count). The van der Waals surface area contributed by atoms with Crippen LogP contribution in [-0.4, -0.2) is 44.9 Å². The first-order valence-corrected chi connectivity index (χ1v) is 8.68. The van der Waals surface area contributed by atoms with Crippen molar-refractivity contribution in [1.29, 1.82) is 0 Å². The summed E-state index contributed by atoms with van der Waals surface area (Å²) >= 11 is 0. The lowest BCUT2D eigenvalue weighted by Gasteiger charge is -2.35. The Kier molecular flexibility index (Phi) is 6.39. The Labute approximate surface area is 148 Å². The third-order valence-corrected chi connectivity index (χ3v) is 4.59. The maximum absolute atomic E-state index is 13.3. The van der Waals surface area contributed by atoms with Gasteiger partial charge in [0.25, 0.3) is 0 Å². The normalized spacial score (nSPS) is 16.6. The van der Waals surface area contributed by atoms with E-state index in [4.69, 9.17) is 9.47 Å². The van der Waals surface area contributed by atoms with Crippen LogP contribution < -0.4 is 10.1 Å². The van der Waals surface area contributed by atoms with Gasteiger partial charge < -0.3 is 14.8 Å². The fraction of sp³-hybridized carbons (Fsp3) is 0.400. The fourth-order valence-electron chi connectivity index (χ4n) is 3.22. The van der Waals surface area contributed by atoms with Gasteiger partial charge in [-0.2, -0.15) is 0 Å². The smallest absolute Gasteiger partial charge is 0.123 e. The molecule has 134 valence electrons.